The Hall–Kier alpha value is -1.87. The summed E-state index contributed by atoms with van der Waals surface area (Å²) >= 11 is 1.16. The molecule has 0 aliphatic rings. The van der Waals surface area contributed by atoms with Gasteiger partial charge in [-0.1, -0.05) is 11.8 Å². The van der Waals surface area contributed by atoms with Crippen molar-refractivity contribution in [2.75, 3.05) is 12.8 Å². The molecule has 0 saturated heterocycles. The number of aromatic nitrogens is 2. The predicted octanol–water partition coefficient (Wildman–Crippen LogP) is 0.156. The first-order valence-electron chi connectivity index (χ1n) is 7.24. The van der Waals surface area contributed by atoms with Crippen molar-refractivity contribution in [1.29, 1.82) is 0 Å². The molecule has 0 fully saturated rings. The fourth-order valence-electron chi connectivity index (χ4n) is 2.02. The highest BCUT2D eigenvalue weighted by Crippen LogP contribution is 2.16. The molecule has 2 unspecified atom stereocenters. The SMILES string of the molecule is CSC(=O)C(CCNC(=O)CCC(N)C(=O)O)Cc1cnc[nH]1. The smallest absolute Gasteiger partial charge is 0.320 e. The van der Waals surface area contributed by atoms with Gasteiger partial charge in [0.25, 0.3) is 0 Å². The molecule has 0 radical (unpaired) electrons. The van der Waals surface area contributed by atoms with Gasteiger partial charge in [-0.2, -0.15) is 0 Å². The Balaban J connectivity index is 2.35. The van der Waals surface area contributed by atoms with E-state index in [4.69, 9.17) is 10.8 Å². The third-order valence-corrected chi connectivity index (χ3v) is 4.11. The summed E-state index contributed by atoms with van der Waals surface area (Å²) < 4.78 is 0. The zero-order chi connectivity index (χ0) is 17.2. The lowest BCUT2D eigenvalue weighted by Gasteiger charge is -2.14. The molecular formula is C14H22N4O4S. The summed E-state index contributed by atoms with van der Waals surface area (Å²) in [4.78, 5) is 41.0. The molecule has 128 valence electrons. The number of carboxylic acids is 1. The molecule has 1 rings (SSSR count). The van der Waals surface area contributed by atoms with E-state index >= 15 is 0 Å². The minimum Gasteiger partial charge on any atom is -0.480 e. The number of thioether (sulfide) groups is 1. The van der Waals surface area contributed by atoms with Crippen LogP contribution in [0.4, 0.5) is 0 Å². The number of nitrogens with zero attached hydrogens (tertiary/aromatic N) is 1. The van der Waals surface area contributed by atoms with Gasteiger partial charge in [-0.15, -0.1) is 0 Å². The molecule has 1 aromatic heterocycles. The van der Waals surface area contributed by atoms with Gasteiger partial charge in [0.15, 0.2) is 5.12 Å². The number of H-pyrrole nitrogens is 1. The van der Waals surface area contributed by atoms with Crippen LogP contribution in [-0.2, 0) is 20.8 Å². The number of hydrogen-bond acceptors (Lipinski definition) is 6. The predicted molar refractivity (Wildman–Crippen MR) is 86.8 cm³/mol. The van der Waals surface area contributed by atoms with Gasteiger partial charge in [0.1, 0.15) is 6.04 Å². The second kappa shape index (κ2) is 10.0. The first-order valence-corrected chi connectivity index (χ1v) is 8.46. The van der Waals surface area contributed by atoms with Crippen molar-refractivity contribution in [2.45, 2.75) is 31.7 Å². The third-order valence-electron chi connectivity index (χ3n) is 3.37. The molecule has 1 amide bonds. The normalized spacial score (nSPS) is 13.3. The molecule has 0 aliphatic heterocycles. The Labute approximate surface area is 138 Å². The van der Waals surface area contributed by atoms with Gasteiger partial charge in [0, 0.05) is 30.8 Å². The summed E-state index contributed by atoms with van der Waals surface area (Å²) in [6.45, 7) is 0.353. The molecule has 8 nitrogen and oxygen atoms in total. The summed E-state index contributed by atoms with van der Waals surface area (Å²) in [5.74, 6) is -1.60. The average Bonchev–Trinajstić information content (AvgIpc) is 3.03. The van der Waals surface area contributed by atoms with Crippen LogP contribution in [0.1, 0.15) is 25.0 Å². The van der Waals surface area contributed by atoms with Crippen LogP contribution in [-0.4, -0.2) is 50.9 Å². The van der Waals surface area contributed by atoms with Crippen LogP contribution < -0.4 is 11.1 Å². The molecule has 0 aromatic carbocycles. The van der Waals surface area contributed by atoms with Gasteiger partial charge in [-0.3, -0.25) is 14.4 Å². The standard InChI is InChI=1S/C14H22N4O4S/c1-23-14(22)9(6-10-7-16-8-18-10)4-5-17-12(19)3-2-11(15)13(20)21/h7-9,11H,2-6,15H2,1H3,(H,16,18)(H,17,19)(H,20,21). The number of carbonyl (C=O) groups excluding carboxylic acids is 2. The quantitative estimate of drug-likeness (QED) is 0.475. The largest absolute Gasteiger partial charge is 0.480 e. The fourth-order valence-corrected chi connectivity index (χ4v) is 2.55. The maximum atomic E-state index is 11.9. The lowest BCUT2D eigenvalue weighted by molar-refractivity contribution is -0.138. The minimum atomic E-state index is -1.12. The van der Waals surface area contributed by atoms with Crippen LogP contribution in [0.15, 0.2) is 12.5 Å². The van der Waals surface area contributed by atoms with Crippen molar-refractivity contribution < 1.29 is 19.5 Å². The van der Waals surface area contributed by atoms with Crippen LogP contribution in [0.5, 0.6) is 0 Å². The van der Waals surface area contributed by atoms with Gasteiger partial charge in [0.2, 0.25) is 5.91 Å². The Kier molecular flexibility index (Phi) is 8.35. The van der Waals surface area contributed by atoms with Crippen molar-refractivity contribution in [3.05, 3.63) is 18.2 Å². The zero-order valence-electron chi connectivity index (χ0n) is 12.9. The van der Waals surface area contributed by atoms with E-state index in [1.807, 2.05) is 0 Å². The van der Waals surface area contributed by atoms with Crippen molar-refractivity contribution in [1.82, 2.24) is 15.3 Å². The second-order valence-corrected chi connectivity index (χ2v) is 5.93. The molecular weight excluding hydrogens is 320 g/mol. The van der Waals surface area contributed by atoms with Crippen molar-refractivity contribution >= 4 is 28.8 Å². The van der Waals surface area contributed by atoms with E-state index < -0.39 is 12.0 Å². The van der Waals surface area contributed by atoms with E-state index in [-0.39, 0.29) is 29.8 Å². The van der Waals surface area contributed by atoms with E-state index in [1.54, 1.807) is 18.8 Å². The first kappa shape index (κ1) is 19.2. The molecule has 1 heterocycles. The van der Waals surface area contributed by atoms with Crippen molar-refractivity contribution in [2.24, 2.45) is 11.7 Å². The van der Waals surface area contributed by atoms with Crippen LogP contribution >= 0.6 is 11.8 Å². The molecule has 0 saturated carbocycles. The highest BCUT2D eigenvalue weighted by molar-refractivity contribution is 8.13. The van der Waals surface area contributed by atoms with Gasteiger partial charge in [-0.05, 0) is 25.5 Å². The summed E-state index contributed by atoms with van der Waals surface area (Å²) in [6, 6.07) is -1.04. The van der Waals surface area contributed by atoms with E-state index in [0.29, 0.717) is 19.4 Å². The van der Waals surface area contributed by atoms with Crippen LogP contribution in [0.3, 0.4) is 0 Å². The maximum absolute atomic E-state index is 11.9. The molecule has 0 spiro atoms. The number of aliphatic carboxylic acids is 1. The molecule has 0 bridgehead atoms. The minimum absolute atomic E-state index is 0.0507. The van der Waals surface area contributed by atoms with Crippen molar-refractivity contribution in [3.63, 3.8) is 0 Å². The number of carbonyl (C=O) groups is 3. The number of nitrogens with one attached hydrogen (secondary N) is 2. The number of aromatic amines is 1. The second-order valence-electron chi connectivity index (χ2n) is 5.12. The van der Waals surface area contributed by atoms with Gasteiger partial charge < -0.3 is 21.1 Å². The number of amides is 1. The van der Waals surface area contributed by atoms with Gasteiger partial charge in [-0.25, -0.2) is 4.98 Å². The Morgan fingerprint density at radius 3 is 2.74 bits per heavy atom. The molecule has 2 atom stereocenters. The van der Waals surface area contributed by atoms with Gasteiger partial charge >= 0.3 is 5.97 Å². The average molecular weight is 342 g/mol. The third kappa shape index (κ3) is 7.29. The van der Waals surface area contributed by atoms with E-state index in [0.717, 1.165) is 17.5 Å². The molecule has 9 heteroatoms. The molecule has 5 N–H and O–H groups in total. The monoisotopic (exact) mass is 342 g/mol. The lowest BCUT2D eigenvalue weighted by atomic mass is 10.0. The fraction of sp³-hybridized carbons (Fsp3) is 0.571. The lowest BCUT2D eigenvalue weighted by Crippen LogP contribution is -2.33. The number of carboxylic acid groups (broad SMARTS) is 1. The number of nitrogens with two attached hydrogens (primary N) is 1. The van der Waals surface area contributed by atoms with E-state index in [9.17, 15) is 14.4 Å². The number of hydrogen-bond donors (Lipinski definition) is 4. The van der Waals surface area contributed by atoms with Crippen molar-refractivity contribution in [3.8, 4) is 0 Å². The number of rotatable bonds is 10. The maximum Gasteiger partial charge on any atom is 0.320 e. The molecule has 23 heavy (non-hydrogen) atoms. The van der Waals surface area contributed by atoms with Crippen LogP contribution in [0.25, 0.3) is 0 Å². The summed E-state index contributed by atoms with van der Waals surface area (Å²) in [7, 11) is 0. The van der Waals surface area contributed by atoms with E-state index in [1.165, 1.54) is 0 Å². The highest BCUT2D eigenvalue weighted by Gasteiger charge is 2.19. The topological polar surface area (TPSA) is 138 Å². The molecule has 0 aliphatic carbocycles. The van der Waals surface area contributed by atoms with E-state index in [2.05, 4.69) is 15.3 Å². The Bertz CT molecular complexity index is 521. The summed E-state index contributed by atoms with van der Waals surface area (Å²) in [5.41, 5.74) is 6.21. The van der Waals surface area contributed by atoms with Gasteiger partial charge in [0.05, 0.1) is 6.33 Å². The number of imidazole rings is 1. The Morgan fingerprint density at radius 2 is 2.17 bits per heavy atom. The Morgan fingerprint density at radius 1 is 1.43 bits per heavy atom. The van der Waals surface area contributed by atoms with Crippen LogP contribution in [0, 0.1) is 5.92 Å². The van der Waals surface area contributed by atoms with Crippen LogP contribution in [0.2, 0.25) is 0 Å². The highest BCUT2D eigenvalue weighted by atomic mass is 32.2. The zero-order valence-corrected chi connectivity index (χ0v) is 13.8. The first-order chi connectivity index (χ1) is 10.9. The summed E-state index contributed by atoms with van der Waals surface area (Å²) in [6.07, 6.45) is 6.15. The summed E-state index contributed by atoms with van der Waals surface area (Å²) in [5, 5.41) is 11.4. The molecule has 1 aromatic rings.